The first-order valence-electron chi connectivity index (χ1n) is 9.36. The maximum Gasteiger partial charge on any atom is 0.243 e. The minimum atomic E-state index is -3.60. The second kappa shape index (κ2) is 9.25. The van der Waals surface area contributed by atoms with E-state index in [1.165, 1.54) is 4.31 Å². The summed E-state index contributed by atoms with van der Waals surface area (Å²) in [6.07, 6.45) is 0.773. The number of methoxy groups -OCH3 is 1. The molecule has 3 rings (SSSR count). The van der Waals surface area contributed by atoms with Gasteiger partial charge in [0.1, 0.15) is 0 Å². The van der Waals surface area contributed by atoms with E-state index in [1.54, 1.807) is 25.3 Å². The van der Waals surface area contributed by atoms with Crippen LogP contribution in [-0.2, 0) is 14.8 Å². The SMILES string of the molecule is COC[C@H](C)NC(=S)N1CCN(S(=O)(=O)c2ccc3c(c2)OCCCO3)CC1. The van der Waals surface area contributed by atoms with Crippen LogP contribution >= 0.6 is 12.2 Å². The van der Waals surface area contributed by atoms with E-state index in [4.69, 9.17) is 26.4 Å². The molecule has 2 aliphatic rings. The van der Waals surface area contributed by atoms with Gasteiger partial charge in [0.2, 0.25) is 10.0 Å². The van der Waals surface area contributed by atoms with Gasteiger partial charge in [-0.2, -0.15) is 4.31 Å². The number of nitrogens with one attached hydrogen (secondary N) is 1. The minimum Gasteiger partial charge on any atom is -0.490 e. The molecule has 2 aliphatic heterocycles. The quantitative estimate of drug-likeness (QED) is 0.696. The normalized spacial score (nSPS) is 19.0. The Morgan fingerprint density at radius 2 is 1.89 bits per heavy atom. The average Bonchev–Trinajstić information content (AvgIpc) is 2.93. The van der Waals surface area contributed by atoms with Gasteiger partial charge < -0.3 is 24.4 Å². The van der Waals surface area contributed by atoms with Gasteiger partial charge in [-0.1, -0.05) is 0 Å². The summed E-state index contributed by atoms with van der Waals surface area (Å²) < 4.78 is 43.9. The first-order chi connectivity index (χ1) is 13.4. The number of nitrogens with zero attached hydrogens (tertiary/aromatic N) is 2. The molecule has 10 heteroatoms. The van der Waals surface area contributed by atoms with Gasteiger partial charge in [0, 0.05) is 51.8 Å². The largest absolute Gasteiger partial charge is 0.490 e. The molecule has 0 bridgehead atoms. The Bertz CT molecular complexity index is 794. The van der Waals surface area contributed by atoms with Crippen molar-refractivity contribution < 1.29 is 22.6 Å². The Balaban J connectivity index is 1.63. The molecule has 1 aromatic carbocycles. The lowest BCUT2D eigenvalue weighted by Crippen LogP contribution is -2.54. The standard InChI is InChI=1S/C18H27N3O5S2/c1-14(13-24-2)19-18(27)20-6-8-21(9-7-20)28(22,23)15-4-5-16-17(12-15)26-11-3-10-25-16/h4-5,12,14H,3,6-11,13H2,1-2H3,(H,19,27)/t14-/m0/s1. The van der Waals surface area contributed by atoms with E-state index < -0.39 is 10.0 Å². The van der Waals surface area contributed by atoms with Crippen molar-refractivity contribution in [2.24, 2.45) is 0 Å². The highest BCUT2D eigenvalue weighted by Crippen LogP contribution is 2.33. The van der Waals surface area contributed by atoms with Crippen LogP contribution in [0.15, 0.2) is 23.1 Å². The number of hydrogen-bond donors (Lipinski definition) is 1. The van der Waals surface area contributed by atoms with Crippen molar-refractivity contribution in [2.45, 2.75) is 24.3 Å². The molecule has 0 radical (unpaired) electrons. The fraction of sp³-hybridized carbons (Fsp3) is 0.611. The number of benzene rings is 1. The molecule has 1 fully saturated rings. The number of piperazine rings is 1. The first kappa shape index (κ1) is 21.1. The molecular weight excluding hydrogens is 402 g/mol. The number of thiocarbonyl (C=S) groups is 1. The number of ether oxygens (including phenoxy) is 3. The molecule has 28 heavy (non-hydrogen) atoms. The predicted molar refractivity (Wildman–Crippen MR) is 109 cm³/mol. The summed E-state index contributed by atoms with van der Waals surface area (Å²) in [5.41, 5.74) is 0. The van der Waals surface area contributed by atoms with Gasteiger partial charge in [-0.15, -0.1) is 0 Å². The fourth-order valence-electron chi connectivity index (χ4n) is 3.18. The van der Waals surface area contributed by atoms with Crippen molar-refractivity contribution in [3.8, 4) is 11.5 Å². The van der Waals surface area contributed by atoms with E-state index in [-0.39, 0.29) is 10.9 Å². The third-order valence-corrected chi connectivity index (χ3v) is 6.94. The second-order valence-corrected chi connectivity index (χ2v) is 9.18. The van der Waals surface area contributed by atoms with Crippen LogP contribution in [0.25, 0.3) is 0 Å². The molecule has 2 heterocycles. The van der Waals surface area contributed by atoms with Gasteiger partial charge in [-0.25, -0.2) is 8.42 Å². The van der Waals surface area contributed by atoms with Gasteiger partial charge in [0.05, 0.1) is 24.7 Å². The second-order valence-electron chi connectivity index (χ2n) is 6.86. The molecule has 0 aromatic heterocycles. The molecule has 0 unspecified atom stereocenters. The summed E-state index contributed by atoms with van der Waals surface area (Å²) in [4.78, 5) is 2.21. The Morgan fingerprint density at radius 1 is 1.21 bits per heavy atom. The first-order valence-corrected chi connectivity index (χ1v) is 11.2. The van der Waals surface area contributed by atoms with Crippen molar-refractivity contribution in [1.82, 2.24) is 14.5 Å². The lowest BCUT2D eigenvalue weighted by Gasteiger charge is -2.36. The van der Waals surface area contributed by atoms with Crippen molar-refractivity contribution in [3.05, 3.63) is 18.2 Å². The molecule has 156 valence electrons. The van der Waals surface area contributed by atoms with Crippen LogP contribution in [-0.4, -0.2) is 81.9 Å². The minimum absolute atomic E-state index is 0.0982. The summed E-state index contributed by atoms with van der Waals surface area (Å²) in [7, 11) is -1.96. The summed E-state index contributed by atoms with van der Waals surface area (Å²) >= 11 is 5.43. The van der Waals surface area contributed by atoms with E-state index in [9.17, 15) is 8.42 Å². The zero-order valence-corrected chi connectivity index (χ0v) is 17.9. The van der Waals surface area contributed by atoms with Gasteiger partial charge >= 0.3 is 0 Å². The van der Waals surface area contributed by atoms with Crippen molar-refractivity contribution >= 4 is 27.4 Å². The lowest BCUT2D eigenvalue weighted by molar-refractivity contribution is 0.176. The molecule has 0 amide bonds. The highest BCUT2D eigenvalue weighted by atomic mass is 32.2. The summed E-state index contributed by atoms with van der Waals surface area (Å²) in [6.45, 7) is 5.44. The Hall–Kier alpha value is -1.62. The Morgan fingerprint density at radius 3 is 2.57 bits per heavy atom. The molecule has 1 saturated heterocycles. The topological polar surface area (TPSA) is 80.3 Å². The van der Waals surface area contributed by atoms with Gasteiger partial charge in [-0.3, -0.25) is 0 Å². The number of rotatable bonds is 5. The average molecular weight is 430 g/mol. The van der Waals surface area contributed by atoms with Gasteiger partial charge in [0.25, 0.3) is 0 Å². The fourth-order valence-corrected chi connectivity index (χ4v) is 5.00. The highest BCUT2D eigenvalue weighted by molar-refractivity contribution is 7.89. The van der Waals surface area contributed by atoms with E-state index in [0.29, 0.717) is 62.6 Å². The van der Waals surface area contributed by atoms with Crippen LogP contribution in [0, 0.1) is 0 Å². The predicted octanol–water partition coefficient (Wildman–Crippen LogP) is 1.06. The Labute approximate surface area is 171 Å². The van der Waals surface area contributed by atoms with Crippen molar-refractivity contribution in [2.75, 3.05) is 53.1 Å². The van der Waals surface area contributed by atoms with E-state index in [2.05, 4.69) is 5.32 Å². The van der Waals surface area contributed by atoms with E-state index in [1.807, 2.05) is 11.8 Å². The van der Waals surface area contributed by atoms with Crippen LogP contribution in [0.4, 0.5) is 0 Å². The lowest BCUT2D eigenvalue weighted by atomic mass is 10.3. The van der Waals surface area contributed by atoms with Crippen LogP contribution in [0.1, 0.15) is 13.3 Å². The maximum atomic E-state index is 13.0. The number of hydrogen-bond acceptors (Lipinski definition) is 6. The number of sulfonamides is 1. The molecule has 0 spiro atoms. The zero-order valence-electron chi connectivity index (χ0n) is 16.2. The van der Waals surface area contributed by atoms with Crippen LogP contribution in [0.5, 0.6) is 11.5 Å². The Kier molecular flexibility index (Phi) is 6.97. The number of fused-ring (bicyclic) bond motifs is 1. The van der Waals surface area contributed by atoms with Gasteiger partial charge in [0.15, 0.2) is 16.6 Å². The summed E-state index contributed by atoms with van der Waals surface area (Å²) in [5.74, 6) is 1.07. The molecule has 8 nitrogen and oxygen atoms in total. The molecule has 1 atom stereocenters. The van der Waals surface area contributed by atoms with Crippen molar-refractivity contribution in [3.63, 3.8) is 0 Å². The third-order valence-electron chi connectivity index (χ3n) is 4.67. The van der Waals surface area contributed by atoms with Crippen LogP contribution in [0.2, 0.25) is 0 Å². The zero-order chi connectivity index (χ0) is 20.1. The summed E-state index contributed by atoms with van der Waals surface area (Å²) in [5, 5.41) is 3.83. The van der Waals surface area contributed by atoms with Crippen LogP contribution in [0.3, 0.4) is 0 Å². The molecule has 0 saturated carbocycles. The monoisotopic (exact) mass is 429 g/mol. The molecule has 0 aliphatic carbocycles. The third kappa shape index (κ3) is 4.86. The highest BCUT2D eigenvalue weighted by Gasteiger charge is 2.30. The summed E-state index contributed by atoms with van der Waals surface area (Å²) in [6, 6.07) is 4.90. The maximum absolute atomic E-state index is 13.0. The molecule has 1 aromatic rings. The van der Waals surface area contributed by atoms with E-state index >= 15 is 0 Å². The molecule has 1 N–H and O–H groups in total. The smallest absolute Gasteiger partial charge is 0.243 e. The molecular formula is C18H27N3O5S2. The van der Waals surface area contributed by atoms with Crippen molar-refractivity contribution in [1.29, 1.82) is 0 Å². The van der Waals surface area contributed by atoms with Crippen LogP contribution < -0.4 is 14.8 Å². The van der Waals surface area contributed by atoms with Gasteiger partial charge in [-0.05, 0) is 31.3 Å². The van der Waals surface area contributed by atoms with E-state index in [0.717, 1.165) is 6.42 Å².